The van der Waals surface area contributed by atoms with Gasteiger partial charge in [-0.1, -0.05) is 127 Å². The first-order valence-electron chi connectivity index (χ1n) is 22.6. The zero-order valence-electron chi connectivity index (χ0n) is 38.3. The van der Waals surface area contributed by atoms with Crippen LogP contribution in [0.25, 0.3) is 0 Å². The van der Waals surface area contributed by atoms with Gasteiger partial charge in [-0.3, -0.25) is 9.59 Å². The molecule has 5 atom stereocenters. The summed E-state index contributed by atoms with van der Waals surface area (Å²) < 4.78 is 34.9. The molecule has 2 amide bonds. The first-order valence-corrected chi connectivity index (χ1v) is 22.6. The van der Waals surface area contributed by atoms with Crippen molar-refractivity contribution in [2.45, 2.75) is 108 Å². The van der Waals surface area contributed by atoms with Crippen molar-refractivity contribution in [3.63, 3.8) is 0 Å². The van der Waals surface area contributed by atoms with Crippen LogP contribution in [0.3, 0.4) is 0 Å². The molecule has 0 saturated carbocycles. The maximum absolute atomic E-state index is 12.8. The largest absolute Gasteiger partial charge is 0.368 e. The zero-order valence-corrected chi connectivity index (χ0v) is 38.3. The minimum Gasteiger partial charge on any atom is -0.368 e. The number of carbonyl (C=O) groups excluding carboxylic acids is 2. The lowest BCUT2D eigenvalue weighted by Gasteiger charge is -2.50. The molecule has 2 fully saturated rings. The van der Waals surface area contributed by atoms with Crippen molar-refractivity contribution in [3.8, 4) is 0 Å². The Morgan fingerprint density at radius 3 is 1.89 bits per heavy atom. The number of likely N-dealkylation sites (N-methyl/N-ethyl adjacent to an activating group) is 1. The third kappa shape index (κ3) is 11.7. The highest BCUT2D eigenvalue weighted by molar-refractivity contribution is 5.90. The van der Waals surface area contributed by atoms with Crippen LogP contribution in [-0.2, 0) is 71.7 Å². The fourth-order valence-corrected chi connectivity index (χ4v) is 8.56. The molecule has 0 aliphatic carbocycles. The van der Waals surface area contributed by atoms with Gasteiger partial charge in [-0.05, 0) is 106 Å². The van der Waals surface area contributed by atoms with E-state index in [1.54, 1.807) is 13.8 Å². The molecule has 2 saturated heterocycles. The van der Waals surface area contributed by atoms with E-state index in [1.807, 2.05) is 73.6 Å². The van der Waals surface area contributed by atoms with Crippen LogP contribution in [0.2, 0.25) is 0 Å². The number of nitrogens with zero attached hydrogens (tertiary/aromatic N) is 1. The molecule has 5 aromatic rings. The van der Waals surface area contributed by atoms with Gasteiger partial charge in [-0.2, -0.15) is 0 Å². The molecule has 338 valence electrons. The monoisotopic (exact) mass is 867 g/mol. The van der Waals surface area contributed by atoms with Crippen LogP contribution >= 0.6 is 0 Å². The van der Waals surface area contributed by atoms with Crippen LogP contribution in [0.1, 0.15) is 78.1 Å². The van der Waals surface area contributed by atoms with Crippen molar-refractivity contribution in [1.82, 2.24) is 15.5 Å². The van der Waals surface area contributed by atoms with E-state index >= 15 is 0 Å². The molecule has 7 rings (SSSR count). The standard InChI is InChI=1S/C54H65N3O7/c1-39-25-30-46(34-45(39)33-41-28-26-40(27-29-41)23-16-24-47(58)56-52(2,3)51(59)55-31-32-57(5)6)54-50(62-37-44-21-14-9-15-22-44)48(60-35-42-17-10-7-11-18-42)49(53(4,64-54)38-63-54)61-36-43-19-12-8-13-20-43/h7-15,17-22,25-30,34,48-50H,16,23-24,31-33,35-38H2,1-6H3,(H,55,59)(H,56,58)/t48-,49-,50+,53-,54-/m0/s1. The van der Waals surface area contributed by atoms with E-state index in [1.165, 1.54) is 5.56 Å². The molecule has 2 N–H and O–H groups in total. The van der Waals surface area contributed by atoms with Crippen LogP contribution in [0.4, 0.5) is 0 Å². The Bertz CT molecular complexity index is 2270. The quantitative estimate of drug-likeness (QED) is 0.0761. The van der Waals surface area contributed by atoms with Crippen molar-refractivity contribution in [2.75, 3.05) is 33.8 Å². The zero-order chi connectivity index (χ0) is 45.2. The van der Waals surface area contributed by atoms with E-state index < -0.39 is 35.2 Å². The van der Waals surface area contributed by atoms with E-state index in [-0.39, 0.29) is 11.8 Å². The molecule has 2 heterocycles. The first kappa shape index (κ1) is 46.8. The minimum absolute atomic E-state index is 0.135. The Kier molecular flexibility index (Phi) is 15.5. The lowest BCUT2D eigenvalue weighted by atomic mass is 9.83. The number of carbonyl (C=O) groups is 2. The van der Waals surface area contributed by atoms with Gasteiger partial charge < -0.3 is 39.2 Å². The predicted molar refractivity (Wildman–Crippen MR) is 249 cm³/mol. The summed E-state index contributed by atoms with van der Waals surface area (Å²) in [6.07, 6.45) is 0.702. The third-order valence-corrected chi connectivity index (χ3v) is 12.3. The summed E-state index contributed by atoms with van der Waals surface area (Å²) >= 11 is 0. The Labute approximate surface area is 379 Å². The van der Waals surface area contributed by atoms with E-state index in [4.69, 9.17) is 23.7 Å². The number of ether oxygens (including phenoxy) is 5. The average molecular weight is 868 g/mol. The Balaban J connectivity index is 1.08. The number of hydrogen-bond donors (Lipinski definition) is 2. The molecule has 2 aliphatic rings. The summed E-state index contributed by atoms with van der Waals surface area (Å²) in [5, 5.41) is 5.81. The van der Waals surface area contributed by atoms with Crippen LogP contribution in [0.5, 0.6) is 0 Å². The maximum atomic E-state index is 12.8. The van der Waals surface area contributed by atoms with E-state index in [0.29, 0.717) is 52.2 Å². The number of benzene rings is 5. The Hall–Kier alpha value is -5.20. The third-order valence-electron chi connectivity index (χ3n) is 12.3. The average Bonchev–Trinajstić information content (AvgIpc) is 3.61. The summed E-state index contributed by atoms with van der Waals surface area (Å²) in [5.74, 6) is -1.60. The lowest BCUT2D eigenvalue weighted by Crippen LogP contribution is -2.65. The molecule has 10 nitrogen and oxygen atoms in total. The van der Waals surface area contributed by atoms with Crippen molar-refractivity contribution < 1.29 is 33.3 Å². The molecular formula is C54H65N3O7. The summed E-state index contributed by atoms with van der Waals surface area (Å²) in [7, 11) is 3.91. The second-order valence-corrected chi connectivity index (χ2v) is 18.3. The number of hydrogen-bond acceptors (Lipinski definition) is 8. The van der Waals surface area contributed by atoms with Crippen molar-refractivity contribution >= 4 is 11.8 Å². The van der Waals surface area contributed by atoms with Gasteiger partial charge in [0.15, 0.2) is 0 Å². The smallest absolute Gasteiger partial charge is 0.245 e. The molecule has 64 heavy (non-hydrogen) atoms. The topological polar surface area (TPSA) is 108 Å². The number of nitrogens with one attached hydrogen (secondary N) is 2. The normalized spacial score (nSPS) is 21.8. The van der Waals surface area contributed by atoms with Gasteiger partial charge in [0.1, 0.15) is 29.5 Å². The van der Waals surface area contributed by atoms with Crippen molar-refractivity contribution in [1.29, 1.82) is 0 Å². The Morgan fingerprint density at radius 1 is 0.734 bits per heavy atom. The summed E-state index contributed by atoms with van der Waals surface area (Å²) in [4.78, 5) is 27.5. The lowest BCUT2D eigenvalue weighted by molar-refractivity contribution is -0.346. The fraction of sp³-hybridized carbons (Fsp3) is 0.407. The molecule has 0 aromatic heterocycles. The van der Waals surface area contributed by atoms with Gasteiger partial charge in [0, 0.05) is 25.1 Å². The highest BCUT2D eigenvalue weighted by Gasteiger charge is 2.67. The second-order valence-electron chi connectivity index (χ2n) is 18.3. The highest BCUT2D eigenvalue weighted by Crippen LogP contribution is 2.53. The highest BCUT2D eigenvalue weighted by atomic mass is 16.8. The molecule has 0 radical (unpaired) electrons. The van der Waals surface area contributed by atoms with Crippen molar-refractivity contribution in [2.24, 2.45) is 0 Å². The summed E-state index contributed by atoms with van der Waals surface area (Å²) in [5.41, 5.74) is 6.80. The van der Waals surface area contributed by atoms with E-state index in [9.17, 15) is 9.59 Å². The molecule has 10 heteroatoms. The number of fused-ring (bicyclic) bond motifs is 2. The summed E-state index contributed by atoms with van der Waals surface area (Å²) in [6.45, 7) is 10.3. The molecule has 2 aliphatic heterocycles. The molecule has 0 spiro atoms. The number of amides is 2. The SMILES string of the molecule is Cc1ccc([C@]23OC[C@](C)(O2)[C@@H](OCc2ccccc2)[C@H](OCc2ccccc2)[C@H]3OCc2ccccc2)cc1Cc1ccc(CCCC(=O)NC(C)(C)C(=O)NCCN(C)C)cc1. The fourth-order valence-electron chi connectivity index (χ4n) is 8.56. The van der Waals surface area contributed by atoms with Crippen LogP contribution in [0.15, 0.2) is 133 Å². The molecule has 2 bridgehead atoms. The van der Waals surface area contributed by atoms with E-state index in [2.05, 4.69) is 103 Å². The summed E-state index contributed by atoms with van der Waals surface area (Å²) in [6, 6.07) is 45.6. The number of rotatable bonds is 21. The minimum atomic E-state index is -1.28. The molecule has 0 unspecified atom stereocenters. The maximum Gasteiger partial charge on any atom is 0.245 e. The predicted octanol–water partition coefficient (Wildman–Crippen LogP) is 8.21. The van der Waals surface area contributed by atoms with Gasteiger partial charge >= 0.3 is 0 Å². The Morgan fingerprint density at radius 2 is 1.30 bits per heavy atom. The van der Waals surface area contributed by atoms with Gasteiger partial charge in [-0.15, -0.1) is 0 Å². The van der Waals surface area contributed by atoms with Gasteiger partial charge in [-0.25, -0.2) is 0 Å². The van der Waals surface area contributed by atoms with Crippen LogP contribution < -0.4 is 10.6 Å². The van der Waals surface area contributed by atoms with Crippen LogP contribution in [0, 0.1) is 6.92 Å². The molecular weight excluding hydrogens is 803 g/mol. The second kappa shape index (κ2) is 21.2. The molecule has 5 aromatic carbocycles. The number of aryl methyl sites for hydroxylation is 2. The van der Waals surface area contributed by atoms with Crippen molar-refractivity contribution in [3.05, 3.63) is 178 Å². The van der Waals surface area contributed by atoms with E-state index in [0.717, 1.165) is 51.9 Å². The van der Waals surface area contributed by atoms with Crippen LogP contribution in [-0.4, -0.2) is 80.0 Å². The van der Waals surface area contributed by atoms with Gasteiger partial charge in [0.2, 0.25) is 17.6 Å². The van der Waals surface area contributed by atoms with Gasteiger partial charge in [0.05, 0.1) is 26.4 Å². The first-order chi connectivity index (χ1) is 30.8. The van der Waals surface area contributed by atoms with Gasteiger partial charge in [0.25, 0.3) is 0 Å².